The van der Waals surface area contributed by atoms with Crippen LogP contribution in [0.2, 0.25) is 0 Å². The molecule has 5 nitrogen and oxygen atoms in total. The summed E-state index contributed by atoms with van der Waals surface area (Å²) >= 11 is 1.32. The topological polar surface area (TPSA) is 74.8 Å². The Morgan fingerprint density at radius 1 is 1.33 bits per heavy atom. The third-order valence-electron chi connectivity index (χ3n) is 5.92. The first kappa shape index (κ1) is 15.8. The SMILES string of the molecule is Cc1nc2sc(C(=O)NC(C)C3CC4CCC3C4)c(C)c2c(=O)[nH]1. The van der Waals surface area contributed by atoms with Crippen molar-refractivity contribution in [3.05, 3.63) is 26.6 Å². The summed E-state index contributed by atoms with van der Waals surface area (Å²) in [4.78, 5) is 33.3. The Labute approximate surface area is 144 Å². The lowest BCUT2D eigenvalue weighted by molar-refractivity contribution is 0.0919. The molecule has 0 radical (unpaired) electrons. The lowest BCUT2D eigenvalue weighted by Crippen LogP contribution is -2.40. The van der Waals surface area contributed by atoms with E-state index in [1.807, 2.05) is 6.92 Å². The lowest BCUT2D eigenvalue weighted by atomic mass is 9.84. The van der Waals surface area contributed by atoms with Gasteiger partial charge in [-0.15, -0.1) is 11.3 Å². The molecule has 2 bridgehead atoms. The number of carbonyl (C=O) groups excluding carboxylic acids is 1. The number of hydrogen-bond donors (Lipinski definition) is 2. The minimum Gasteiger partial charge on any atom is -0.349 e. The van der Waals surface area contributed by atoms with E-state index in [1.165, 1.54) is 37.0 Å². The molecular formula is C18H23N3O2S. The van der Waals surface area contributed by atoms with Crippen molar-refractivity contribution < 1.29 is 4.79 Å². The number of nitrogens with one attached hydrogen (secondary N) is 2. The van der Waals surface area contributed by atoms with Crippen LogP contribution >= 0.6 is 11.3 Å². The van der Waals surface area contributed by atoms with Crippen LogP contribution in [-0.2, 0) is 0 Å². The molecule has 4 atom stereocenters. The fraction of sp³-hybridized carbons (Fsp3) is 0.611. The Morgan fingerprint density at radius 3 is 2.79 bits per heavy atom. The largest absolute Gasteiger partial charge is 0.349 e. The molecule has 128 valence electrons. The Morgan fingerprint density at radius 2 is 2.12 bits per heavy atom. The Hall–Kier alpha value is -1.69. The van der Waals surface area contributed by atoms with Gasteiger partial charge in [-0.05, 0) is 63.4 Å². The predicted molar refractivity (Wildman–Crippen MR) is 95.6 cm³/mol. The summed E-state index contributed by atoms with van der Waals surface area (Å²) in [6.45, 7) is 5.72. The van der Waals surface area contributed by atoms with Crippen LogP contribution in [-0.4, -0.2) is 21.9 Å². The van der Waals surface area contributed by atoms with E-state index in [4.69, 9.17) is 0 Å². The van der Waals surface area contributed by atoms with Crippen molar-refractivity contribution in [2.45, 2.75) is 52.5 Å². The Bertz CT molecular complexity index is 869. The second-order valence-corrected chi connectivity index (χ2v) is 8.49. The van der Waals surface area contributed by atoms with Crippen molar-refractivity contribution >= 4 is 27.5 Å². The number of H-pyrrole nitrogens is 1. The molecular weight excluding hydrogens is 322 g/mol. The van der Waals surface area contributed by atoms with E-state index in [2.05, 4.69) is 22.2 Å². The second kappa shape index (κ2) is 5.69. The zero-order valence-electron chi connectivity index (χ0n) is 14.3. The van der Waals surface area contributed by atoms with Gasteiger partial charge in [-0.2, -0.15) is 0 Å². The first-order chi connectivity index (χ1) is 11.4. The van der Waals surface area contributed by atoms with Gasteiger partial charge < -0.3 is 10.3 Å². The highest BCUT2D eigenvalue weighted by atomic mass is 32.1. The maximum atomic E-state index is 12.8. The molecule has 2 saturated carbocycles. The molecule has 2 aliphatic rings. The van der Waals surface area contributed by atoms with Crippen molar-refractivity contribution in [2.24, 2.45) is 17.8 Å². The molecule has 1 amide bonds. The Kier molecular flexibility index (Phi) is 3.75. The quantitative estimate of drug-likeness (QED) is 0.897. The van der Waals surface area contributed by atoms with Gasteiger partial charge in [0.1, 0.15) is 10.7 Å². The summed E-state index contributed by atoms with van der Waals surface area (Å²) < 4.78 is 0. The summed E-state index contributed by atoms with van der Waals surface area (Å²) in [6.07, 6.45) is 5.27. The van der Waals surface area contributed by atoms with Gasteiger partial charge in [0.25, 0.3) is 11.5 Å². The first-order valence-corrected chi connectivity index (χ1v) is 9.56. The van der Waals surface area contributed by atoms with E-state index in [0.717, 1.165) is 17.4 Å². The third-order valence-corrected chi connectivity index (χ3v) is 7.10. The van der Waals surface area contributed by atoms with Crippen LogP contribution < -0.4 is 10.9 Å². The fourth-order valence-corrected chi connectivity index (χ4v) is 5.88. The van der Waals surface area contributed by atoms with Gasteiger partial charge in [-0.25, -0.2) is 4.98 Å². The normalized spacial score (nSPS) is 26.9. The van der Waals surface area contributed by atoms with Crippen molar-refractivity contribution in [2.75, 3.05) is 0 Å². The van der Waals surface area contributed by atoms with Crippen LogP contribution in [0.1, 0.15) is 53.7 Å². The number of thiophene rings is 1. The maximum Gasteiger partial charge on any atom is 0.261 e. The predicted octanol–water partition coefficient (Wildman–Crippen LogP) is 3.16. The molecule has 2 aromatic heterocycles. The first-order valence-electron chi connectivity index (χ1n) is 8.75. The van der Waals surface area contributed by atoms with Crippen molar-refractivity contribution in [1.82, 2.24) is 15.3 Å². The number of amides is 1. The number of aryl methyl sites for hydroxylation is 2. The molecule has 0 aliphatic heterocycles. The van der Waals surface area contributed by atoms with Crippen molar-refractivity contribution in [1.29, 1.82) is 0 Å². The molecule has 0 aromatic carbocycles. The van der Waals surface area contributed by atoms with Gasteiger partial charge in [0, 0.05) is 6.04 Å². The highest BCUT2D eigenvalue weighted by molar-refractivity contribution is 7.20. The number of nitrogens with zero attached hydrogens (tertiary/aromatic N) is 1. The van der Waals surface area contributed by atoms with E-state index >= 15 is 0 Å². The summed E-state index contributed by atoms with van der Waals surface area (Å²) in [5.74, 6) is 2.77. The smallest absolute Gasteiger partial charge is 0.261 e. The van der Waals surface area contributed by atoms with Crippen LogP contribution in [0.25, 0.3) is 10.2 Å². The summed E-state index contributed by atoms with van der Waals surface area (Å²) in [7, 11) is 0. The maximum absolute atomic E-state index is 12.8. The fourth-order valence-electron chi connectivity index (χ4n) is 4.75. The molecule has 2 aromatic rings. The summed E-state index contributed by atoms with van der Waals surface area (Å²) in [6, 6.07) is 0.186. The number of fused-ring (bicyclic) bond motifs is 3. The zero-order valence-corrected chi connectivity index (χ0v) is 15.1. The number of carbonyl (C=O) groups is 1. The van der Waals surface area contributed by atoms with Crippen LogP contribution in [0, 0.1) is 31.6 Å². The molecule has 0 saturated heterocycles. The van der Waals surface area contributed by atoms with Gasteiger partial charge in [0.2, 0.25) is 0 Å². The standard InChI is InChI=1S/C18H23N3O2S/c1-8-14-16(22)20-10(3)21-18(14)24-15(8)17(23)19-9(2)13-7-11-4-5-12(13)6-11/h9,11-13H,4-7H2,1-3H3,(H,19,23)(H,20,21,22). The highest BCUT2D eigenvalue weighted by Crippen LogP contribution is 2.49. The van der Waals surface area contributed by atoms with Crippen LogP contribution in [0.4, 0.5) is 0 Å². The highest BCUT2D eigenvalue weighted by Gasteiger charge is 2.42. The van der Waals surface area contributed by atoms with E-state index in [-0.39, 0.29) is 17.5 Å². The minimum absolute atomic E-state index is 0.0668. The van der Waals surface area contributed by atoms with E-state index in [0.29, 0.717) is 26.8 Å². The monoisotopic (exact) mass is 345 g/mol. The number of aromatic nitrogens is 2. The molecule has 4 rings (SSSR count). The molecule has 2 fully saturated rings. The Balaban J connectivity index is 1.58. The van der Waals surface area contributed by atoms with Gasteiger partial charge in [0.05, 0.1) is 10.3 Å². The average Bonchev–Trinajstić information content (AvgIpc) is 3.21. The number of rotatable bonds is 3. The van der Waals surface area contributed by atoms with Crippen molar-refractivity contribution in [3.63, 3.8) is 0 Å². The molecule has 0 spiro atoms. The lowest BCUT2D eigenvalue weighted by Gasteiger charge is -2.28. The van der Waals surface area contributed by atoms with Gasteiger partial charge in [-0.3, -0.25) is 9.59 Å². The second-order valence-electron chi connectivity index (χ2n) is 7.49. The van der Waals surface area contributed by atoms with E-state index < -0.39 is 0 Å². The molecule has 2 N–H and O–H groups in total. The van der Waals surface area contributed by atoms with Gasteiger partial charge in [-0.1, -0.05) is 6.42 Å². The van der Waals surface area contributed by atoms with Crippen LogP contribution in [0.15, 0.2) is 4.79 Å². The summed E-state index contributed by atoms with van der Waals surface area (Å²) in [5, 5.41) is 3.74. The van der Waals surface area contributed by atoms with Gasteiger partial charge >= 0.3 is 0 Å². The minimum atomic E-state index is -0.161. The van der Waals surface area contributed by atoms with E-state index in [1.54, 1.807) is 6.92 Å². The molecule has 2 aliphatic carbocycles. The third kappa shape index (κ3) is 2.48. The molecule has 6 heteroatoms. The zero-order chi connectivity index (χ0) is 17.0. The molecule has 24 heavy (non-hydrogen) atoms. The van der Waals surface area contributed by atoms with E-state index in [9.17, 15) is 9.59 Å². The average molecular weight is 345 g/mol. The molecule has 4 unspecified atom stereocenters. The summed E-state index contributed by atoms with van der Waals surface area (Å²) in [5.41, 5.74) is 0.577. The van der Waals surface area contributed by atoms with Gasteiger partial charge in [0.15, 0.2) is 0 Å². The molecule has 2 heterocycles. The number of aromatic amines is 1. The van der Waals surface area contributed by atoms with Crippen LogP contribution in [0.3, 0.4) is 0 Å². The number of hydrogen-bond acceptors (Lipinski definition) is 4. The van der Waals surface area contributed by atoms with Crippen molar-refractivity contribution in [3.8, 4) is 0 Å². The van der Waals surface area contributed by atoms with Crippen LogP contribution in [0.5, 0.6) is 0 Å².